The van der Waals surface area contributed by atoms with Crippen LogP contribution in [0.15, 0.2) is 4.47 Å². The number of alkyl halides is 1. The lowest BCUT2D eigenvalue weighted by atomic mass is 10.1. The second-order valence-electron chi connectivity index (χ2n) is 5.03. The molecule has 3 nitrogen and oxygen atoms in total. The minimum absolute atomic E-state index is 0.778. The first-order chi connectivity index (χ1) is 8.65. The van der Waals surface area contributed by atoms with Crippen LogP contribution in [0.3, 0.4) is 0 Å². The highest BCUT2D eigenvalue weighted by molar-refractivity contribution is 9.10. The van der Waals surface area contributed by atoms with E-state index in [0.717, 1.165) is 37.0 Å². The number of aromatic nitrogens is 2. The minimum atomic E-state index is 0.778. The molecule has 0 aromatic carbocycles. The Bertz CT molecular complexity index is 405. The number of aryl methyl sites for hydroxylation is 2. The van der Waals surface area contributed by atoms with Crippen LogP contribution >= 0.6 is 27.5 Å². The van der Waals surface area contributed by atoms with Gasteiger partial charge in [0.1, 0.15) is 0 Å². The Morgan fingerprint density at radius 2 is 2.28 bits per heavy atom. The van der Waals surface area contributed by atoms with Gasteiger partial charge in [-0.05, 0) is 55.1 Å². The molecule has 1 saturated heterocycles. The summed E-state index contributed by atoms with van der Waals surface area (Å²) in [4.78, 5) is 2.52. The molecule has 1 aromatic heterocycles. The van der Waals surface area contributed by atoms with E-state index in [4.69, 9.17) is 11.6 Å². The fourth-order valence-electron chi connectivity index (χ4n) is 2.68. The van der Waals surface area contributed by atoms with E-state index < -0.39 is 0 Å². The number of hydrogen-bond donors (Lipinski definition) is 0. The molecular formula is C13H21BrClN3. The second kappa shape index (κ2) is 6.40. The van der Waals surface area contributed by atoms with Gasteiger partial charge in [-0.2, -0.15) is 5.10 Å². The Labute approximate surface area is 123 Å². The molecule has 0 spiro atoms. The van der Waals surface area contributed by atoms with Crippen molar-refractivity contribution in [3.05, 3.63) is 15.9 Å². The maximum Gasteiger partial charge on any atom is 0.0739 e. The Morgan fingerprint density at radius 1 is 1.50 bits per heavy atom. The monoisotopic (exact) mass is 333 g/mol. The van der Waals surface area contributed by atoms with Crippen molar-refractivity contribution >= 4 is 27.5 Å². The molecule has 0 aliphatic carbocycles. The Morgan fingerprint density at radius 3 is 2.94 bits per heavy atom. The van der Waals surface area contributed by atoms with E-state index in [1.807, 2.05) is 0 Å². The van der Waals surface area contributed by atoms with Gasteiger partial charge in [0.2, 0.25) is 0 Å². The fraction of sp³-hybridized carbons (Fsp3) is 0.769. The van der Waals surface area contributed by atoms with Gasteiger partial charge >= 0.3 is 0 Å². The third-order valence-electron chi connectivity index (χ3n) is 3.71. The van der Waals surface area contributed by atoms with Crippen LogP contribution in [0.1, 0.15) is 31.2 Å². The molecule has 0 amide bonds. The van der Waals surface area contributed by atoms with Crippen LogP contribution < -0.4 is 0 Å². The van der Waals surface area contributed by atoms with Gasteiger partial charge in [0.15, 0.2) is 0 Å². The van der Waals surface area contributed by atoms with Crippen LogP contribution in [0, 0.1) is 12.8 Å². The first-order valence-corrected chi connectivity index (χ1v) is 7.98. The third-order valence-corrected chi connectivity index (χ3v) is 4.96. The first-order valence-electron chi connectivity index (χ1n) is 6.65. The highest BCUT2D eigenvalue weighted by Gasteiger charge is 2.24. The lowest BCUT2D eigenvalue weighted by molar-refractivity contribution is 0.304. The number of halogens is 2. The summed E-state index contributed by atoms with van der Waals surface area (Å²) in [5.74, 6) is 1.56. The van der Waals surface area contributed by atoms with Crippen molar-refractivity contribution in [2.75, 3.05) is 19.0 Å². The van der Waals surface area contributed by atoms with Crippen molar-refractivity contribution in [2.45, 2.75) is 39.8 Å². The molecule has 2 rings (SSSR count). The van der Waals surface area contributed by atoms with Gasteiger partial charge in [-0.1, -0.05) is 0 Å². The Balaban J connectivity index is 2.02. The summed E-state index contributed by atoms with van der Waals surface area (Å²) in [5.41, 5.74) is 2.39. The summed E-state index contributed by atoms with van der Waals surface area (Å²) in [6.45, 7) is 8.48. The zero-order valence-electron chi connectivity index (χ0n) is 11.1. The lowest BCUT2D eigenvalue weighted by Gasteiger charge is -2.17. The van der Waals surface area contributed by atoms with E-state index in [0.29, 0.717) is 0 Å². The van der Waals surface area contributed by atoms with Crippen LogP contribution in [-0.2, 0) is 13.1 Å². The molecule has 0 radical (unpaired) electrons. The molecule has 0 saturated carbocycles. The molecule has 1 atom stereocenters. The SMILES string of the molecule is CCn1nc(C)c(Br)c1CN1CCC(CCCl)C1. The number of rotatable bonds is 5. The lowest BCUT2D eigenvalue weighted by Crippen LogP contribution is -2.22. The van der Waals surface area contributed by atoms with E-state index in [-0.39, 0.29) is 0 Å². The number of nitrogens with zero attached hydrogens (tertiary/aromatic N) is 3. The smallest absolute Gasteiger partial charge is 0.0739 e. The summed E-state index contributed by atoms with van der Waals surface area (Å²) in [6, 6.07) is 0. The van der Waals surface area contributed by atoms with Crippen molar-refractivity contribution in [3.8, 4) is 0 Å². The molecule has 1 unspecified atom stereocenters. The molecular weight excluding hydrogens is 314 g/mol. The zero-order chi connectivity index (χ0) is 13.1. The van der Waals surface area contributed by atoms with Gasteiger partial charge < -0.3 is 0 Å². The van der Waals surface area contributed by atoms with Crippen molar-refractivity contribution < 1.29 is 0 Å². The molecule has 102 valence electrons. The zero-order valence-corrected chi connectivity index (χ0v) is 13.5. The maximum absolute atomic E-state index is 5.83. The molecule has 2 heterocycles. The van der Waals surface area contributed by atoms with E-state index in [9.17, 15) is 0 Å². The van der Waals surface area contributed by atoms with Crippen molar-refractivity contribution in [1.29, 1.82) is 0 Å². The molecule has 1 fully saturated rings. The topological polar surface area (TPSA) is 21.1 Å². The molecule has 0 N–H and O–H groups in total. The van der Waals surface area contributed by atoms with Gasteiger partial charge in [-0.3, -0.25) is 9.58 Å². The van der Waals surface area contributed by atoms with Crippen LogP contribution in [0.5, 0.6) is 0 Å². The average molecular weight is 335 g/mol. The van der Waals surface area contributed by atoms with Gasteiger partial charge in [-0.15, -0.1) is 11.6 Å². The first kappa shape index (κ1) is 14.4. The van der Waals surface area contributed by atoms with Gasteiger partial charge in [0.05, 0.1) is 15.9 Å². The standard InChI is InChI=1S/C13H21BrClN3/c1-3-18-12(13(14)10(2)16-18)9-17-7-5-11(8-17)4-6-15/h11H,3-9H2,1-2H3. The van der Waals surface area contributed by atoms with Crippen molar-refractivity contribution in [1.82, 2.24) is 14.7 Å². The molecule has 0 bridgehead atoms. The molecule has 1 aliphatic heterocycles. The molecule has 1 aliphatic rings. The minimum Gasteiger partial charge on any atom is -0.297 e. The third kappa shape index (κ3) is 3.09. The predicted octanol–water partition coefficient (Wildman–Crippen LogP) is 3.42. The highest BCUT2D eigenvalue weighted by atomic mass is 79.9. The summed E-state index contributed by atoms with van der Waals surface area (Å²) in [6.07, 6.45) is 2.43. The Kier molecular flexibility index (Phi) is 5.10. The normalized spacial score (nSPS) is 20.8. The van der Waals surface area contributed by atoms with Crippen LogP contribution in [0.25, 0.3) is 0 Å². The predicted molar refractivity (Wildman–Crippen MR) is 79.1 cm³/mol. The van der Waals surface area contributed by atoms with Crippen molar-refractivity contribution in [3.63, 3.8) is 0 Å². The number of likely N-dealkylation sites (tertiary alicyclic amines) is 1. The molecule has 18 heavy (non-hydrogen) atoms. The van der Waals surface area contributed by atoms with Crippen LogP contribution in [-0.4, -0.2) is 33.6 Å². The number of hydrogen-bond acceptors (Lipinski definition) is 2. The summed E-state index contributed by atoms with van der Waals surface area (Å²) in [5, 5.41) is 4.55. The van der Waals surface area contributed by atoms with E-state index in [1.165, 1.54) is 29.7 Å². The summed E-state index contributed by atoms with van der Waals surface area (Å²) < 4.78 is 3.28. The van der Waals surface area contributed by atoms with Crippen LogP contribution in [0.4, 0.5) is 0 Å². The van der Waals surface area contributed by atoms with Crippen molar-refractivity contribution in [2.24, 2.45) is 5.92 Å². The fourth-order valence-corrected chi connectivity index (χ4v) is 3.40. The highest BCUT2D eigenvalue weighted by Crippen LogP contribution is 2.26. The second-order valence-corrected chi connectivity index (χ2v) is 6.20. The molecule has 5 heteroatoms. The van der Waals surface area contributed by atoms with E-state index >= 15 is 0 Å². The van der Waals surface area contributed by atoms with E-state index in [1.54, 1.807) is 0 Å². The summed E-state index contributed by atoms with van der Waals surface area (Å²) in [7, 11) is 0. The maximum atomic E-state index is 5.83. The van der Waals surface area contributed by atoms with Gasteiger partial charge in [0, 0.05) is 25.5 Å². The summed E-state index contributed by atoms with van der Waals surface area (Å²) >= 11 is 9.49. The average Bonchev–Trinajstić information content (AvgIpc) is 2.90. The quantitative estimate of drug-likeness (QED) is 0.769. The van der Waals surface area contributed by atoms with Gasteiger partial charge in [0.25, 0.3) is 0 Å². The van der Waals surface area contributed by atoms with E-state index in [2.05, 4.69) is 44.5 Å². The van der Waals surface area contributed by atoms with Crippen LogP contribution in [0.2, 0.25) is 0 Å². The molecule has 1 aromatic rings. The Hall–Kier alpha value is -0.0600. The largest absolute Gasteiger partial charge is 0.297 e. The van der Waals surface area contributed by atoms with Gasteiger partial charge in [-0.25, -0.2) is 0 Å².